The van der Waals surface area contributed by atoms with Gasteiger partial charge in [-0.25, -0.2) is 0 Å². The van der Waals surface area contributed by atoms with E-state index in [-0.39, 0.29) is 12.1 Å². The van der Waals surface area contributed by atoms with Crippen LogP contribution < -0.4 is 5.32 Å². The van der Waals surface area contributed by atoms with Gasteiger partial charge in [0.05, 0.1) is 0 Å². The Bertz CT molecular complexity index is 136. The molecule has 2 amide bonds. The second kappa shape index (κ2) is 4.71. The summed E-state index contributed by atoms with van der Waals surface area (Å²) in [5, 5.41) is 2.55. The van der Waals surface area contributed by atoms with Crippen molar-refractivity contribution in [2.24, 2.45) is 5.92 Å². The van der Waals surface area contributed by atoms with Gasteiger partial charge in [-0.1, -0.05) is 13.8 Å². The average molecular weight is 158 g/mol. The highest BCUT2D eigenvalue weighted by Crippen LogP contribution is 2.02. The topological polar surface area (TPSA) is 49.4 Å². The van der Waals surface area contributed by atoms with Crippen LogP contribution in [0.5, 0.6) is 0 Å². The van der Waals surface area contributed by atoms with Gasteiger partial charge in [-0.2, -0.15) is 0 Å². The van der Waals surface area contributed by atoms with Crippen LogP contribution in [0, 0.1) is 5.92 Å². The van der Waals surface area contributed by atoms with E-state index in [0.717, 1.165) is 0 Å². The maximum atomic E-state index is 10.3. The van der Waals surface area contributed by atoms with Gasteiger partial charge in [-0.3, -0.25) is 9.59 Å². The van der Waals surface area contributed by atoms with Gasteiger partial charge in [-0.05, 0) is 5.92 Å². The first-order chi connectivity index (χ1) is 5.13. The fraction of sp³-hybridized carbons (Fsp3) is 0.714. The minimum Gasteiger partial charge on any atom is -0.338 e. The lowest BCUT2D eigenvalue weighted by atomic mass is 10.1. The van der Waals surface area contributed by atoms with Crippen LogP contribution in [0.3, 0.4) is 0 Å². The number of hydrogen-bond acceptors (Lipinski definition) is 2. The molecule has 0 aliphatic carbocycles. The number of nitrogens with one attached hydrogen (secondary N) is 1. The van der Waals surface area contributed by atoms with Gasteiger partial charge >= 0.3 is 0 Å². The number of nitrogens with zero attached hydrogens (tertiary/aromatic N) is 1. The molecule has 4 heteroatoms. The highest BCUT2D eigenvalue weighted by Gasteiger charge is 2.15. The average Bonchev–Trinajstić information content (AvgIpc) is 1.98. The summed E-state index contributed by atoms with van der Waals surface area (Å²) in [6, 6.07) is 0. The predicted octanol–water partition coefficient (Wildman–Crippen LogP) is -0.197. The Labute approximate surface area is 66.6 Å². The third kappa shape index (κ3) is 3.02. The highest BCUT2D eigenvalue weighted by molar-refractivity contribution is 5.51. The summed E-state index contributed by atoms with van der Waals surface area (Å²) in [5.41, 5.74) is 0. The maximum Gasteiger partial charge on any atom is 0.211 e. The van der Waals surface area contributed by atoms with Crippen LogP contribution in [-0.4, -0.2) is 30.9 Å². The maximum absolute atomic E-state index is 10.3. The molecule has 0 aliphatic rings. The lowest BCUT2D eigenvalue weighted by molar-refractivity contribution is -0.121. The molecule has 1 atom stereocenters. The van der Waals surface area contributed by atoms with E-state index < -0.39 is 0 Å². The third-order valence-electron chi connectivity index (χ3n) is 1.48. The molecule has 4 nitrogen and oxygen atoms in total. The molecule has 0 saturated heterocycles. The van der Waals surface area contributed by atoms with Gasteiger partial charge in [0.15, 0.2) is 0 Å². The second-order valence-corrected chi connectivity index (χ2v) is 2.74. The van der Waals surface area contributed by atoms with Crippen LogP contribution in [-0.2, 0) is 9.59 Å². The fourth-order valence-electron chi connectivity index (χ4n) is 0.916. The van der Waals surface area contributed by atoms with E-state index in [1.807, 2.05) is 13.8 Å². The van der Waals surface area contributed by atoms with E-state index in [9.17, 15) is 9.59 Å². The molecule has 0 spiro atoms. The van der Waals surface area contributed by atoms with E-state index >= 15 is 0 Å². The smallest absolute Gasteiger partial charge is 0.211 e. The fourth-order valence-corrected chi connectivity index (χ4v) is 0.916. The summed E-state index contributed by atoms with van der Waals surface area (Å²) < 4.78 is 0. The molecule has 11 heavy (non-hydrogen) atoms. The molecule has 0 aromatic rings. The van der Waals surface area contributed by atoms with Crippen LogP contribution in [0.15, 0.2) is 0 Å². The summed E-state index contributed by atoms with van der Waals surface area (Å²) >= 11 is 0. The zero-order valence-corrected chi connectivity index (χ0v) is 7.07. The Balaban J connectivity index is 4.07. The summed E-state index contributed by atoms with van der Waals surface area (Å²) in [7, 11) is 1.63. The molecule has 0 bridgehead atoms. The first-order valence-electron chi connectivity index (χ1n) is 3.50. The van der Waals surface area contributed by atoms with E-state index in [1.54, 1.807) is 7.05 Å². The second-order valence-electron chi connectivity index (χ2n) is 2.74. The Morgan fingerprint density at radius 1 is 1.36 bits per heavy atom. The monoisotopic (exact) mass is 158 g/mol. The van der Waals surface area contributed by atoms with Crippen molar-refractivity contribution in [3.63, 3.8) is 0 Å². The Morgan fingerprint density at radius 2 is 1.91 bits per heavy atom. The van der Waals surface area contributed by atoms with Crippen LogP contribution in [0.4, 0.5) is 0 Å². The Hall–Kier alpha value is -1.06. The predicted molar refractivity (Wildman–Crippen MR) is 41.7 cm³/mol. The molecule has 0 rings (SSSR count). The summed E-state index contributed by atoms with van der Waals surface area (Å²) in [4.78, 5) is 21.8. The number of rotatable bonds is 5. The van der Waals surface area contributed by atoms with Crippen molar-refractivity contribution in [1.29, 1.82) is 0 Å². The zero-order valence-electron chi connectivity index (χ0n) is 7.07. The lowest BCUT2D eigenvalue weighted by Gasteiger charge is -2.26. The third-order valence-corrected chi connectivity index (χ3v) is 1.48. The van der Waals surface area contributed by atoms with E-state index in [4.69, 9.17) is 0 Å². The summed E-state index contributed by atoms with van der Waals surface area (Å²) in [6.07, 6.45) is 1.09. The number of hydrogen-bond donors (Lipinski definition) is 1. The minimum atomic E-state index is -0.204. The molecule has 0 aromatic carbocycles. The first kappa shape index (κ1) is 9.94. The molecule has 1 N–H and O–H groups in total. The number of amides is 2. The molecule has 0 saturated carbocycles. The van der Waals surface area contributed by atoms with Gasteiger partial charge in [0.25, 0.3) is 0 Å². The number of carbonyl (C=O) groups is 2. The van der Waals surface area contributed by atoms with Gasteiger partial charge in [-0.15, -0.1) is 0 Å². The van der Waals surface area contributed by atoms with Crippen molar-refractivity contribution in [3.05, 3.63) is 0 Å². The summed E-state index contributed by atoms with van der Waals surface area (Å²) in [6.45, 7) is 3.86. The van der Waals surface area contributed by atoms with Gasteiger partial charge < -0.3 is 10.2 Å². The van der Waals surface area contributed by atoms with E-state index in [2.05, 4.69) is 5.32 Å². The molecule has 0 aliphatic heterocycles. The molecule has 64 valence electrons. The highest BCUT2D eigenvalue weighted by atomic mass is 16.1. The van der Waals surface area contributed by atoms with Crippen molar-refractivity contribution >= 4 is 12.8 Å². The molecule has 1 unspecified atom stereocenters. The standard InChI is InChI=1S/C7H14N2O2/c1-6(2)7(8-4-10)9(3)5-11/h4-7H,1-3H3,(H,8,10). The SMILES string of the molecule is CC(C)C(NC=O)N(C)C=O. The quantitative estimate of drug-likeness (QED) is 0.445. The van der Waals surface area contributed by atoms with Crippen LogP contribution >= 0.6 is 0 Å². The van der Waals surface area contributed by atoms with Crippen molar-refractivity contribution in [1.82, 2.24) is 10.2 Å². The zero-order chi connectivity index (χ0) is 8.85. The molecule has 0 heterocycles. The minimum absolute atomic E-state index is 0.204. The van der Waals surface area contributed by atoms with Gasteiger partial charge in [0.1, 0.15) is 6.17 Å². The van der Waals surface area contributed by atoms with Crippen molar-refractivity contribution < 1.29 is 9.59 Å². The van der Waals surface area contributed by atoms with Crippen molar-refractivity contribution in [3.8, 4) is 0 Å². The normalized spacial score (nSPS) is 12.4. The molecular weight excluding hydrogens is 144 g/mol. The van der Waals surface area contributed by atoms with Gasteiger partial charge in [0, 0.05) is 7.05 Å². The van der Waals surface area contributed by atoms with Crippen LogP contribution in [0.1, 0.15) is 13.8 Å². The van der Waals surface area contributed by atoms with Crippen LogP contribution in [0.25, 0.3) is 0 Å². The van der Waals surface area contributed by atoms with E-state index in [1.165, 1.54) is 4.90 Å². The van der Waals surface area contributed by atoms with Crippen molar-refractivity contribution in [2.75, 3.05) is 7.05 Å². The van der Waals surface area contributed by atoms with E-state index in [0.29, 0.717) is 12.8 Å². The van der Waals surface area contributed by atoms with Crippen molar-refractivity contribution in [2.45, 2.75) is 20.0 Å². The summed E-state index contributed by atoms with van der Waals surface area (Å²) in [5.74, 6) is 0.218. The molecule has 0 aromatic heterocycles. The molecular formula is C7H14N2O2. The largest absolute Gasteiger partial charge is 0.338 e. The molecule has 0 fully saturated rings. The Kier molecular flexibility index (Phi) is 4.26. The molecule has 0 radical (unpaired) electrons. The van der Waals surface area contributed by atoms with Gasteiger partial charge in [0.2, 0.25) is 12.8 Å². The number of carbonyl (C=O) groups excluding carboxylic acids is 2. The first-order valence-corrected chi connectivity index (χ1v) is 3.50. The van der Waals surface area contributed by atoms with Crippen LogP contribution in [0.2, 0.25) is 0 Å². The Morgan fingerprint density at radius 3 is 2.18 bits per heavy atom. The lowest BCUT2D eigenvalue weighted by Crippen LogP contribution is -2.45.